The van der Waals surface area contributed by atoms with Gasteiger partial charge in [-0.2, -0.15) is 10.4 Å². The fourth-order valence-electron chi connectivity index (χ4n) is 4.86. The van der Waals surface area contributed by atoms with Gasteiger partial charge in [0.25, 0.3) is 0 Å². The van der Waals surface area contributed by atoms with Crippen LogP contribution in [0.4, 0.5) is 16.4 Å². The van der Waals surface area contributed by atoms with E-state index < -0.39 is 0 Å². The molecule has 1 fully saturated rings. The molecule has 9 nitrogen and oxygen atoms in total. The lowest BCUT2D eigenvalue weighted by atomic mass is 9.90. The molecule has 0 bridgehead atoms. The molecule has 38 heavy (non-hydrogen) atoms. The number of benzene rings is 2. The quantitative estimate of drug-likeness (QED) is 0.369. The van der Waals surface area contributed by atoms with Crippen molar-refractivity contribution in [2.75, 3.05) is 10.2 Å². The molecule has 1 saturated carbocycles. The third-order valence-corrected chi connectivity index (χ3v) is 6.87. The number of hydrogen-bond acceptors (Lipinski definition) is 6. The number of urea groups is 1. The highest BCUT2D eigenvalue weighted by Crippen LogP contribution is 2.30. The summed E-state index contributed by atoms with van der Waals surface area (Å²) in [5.74, 6) is 0.524. The van der Waals surface area contributed by atoms with Crippen LogP contribution in [0.25, 0.3) is 11.1 Å². The fraction of sp³-hybridized carbons (Fsp3) is 0.276. The minimum atomic E-state index is -0.102. The van der Waals surface area contributed by atoms with Crippen molar-refractivity contribution in [3.63, 3.8) is 0 Å². The molecular weight excluding hydrogens is 476 g/mol. The molecule has 5 rings (SSSR count). The number of aryl methyl sites for hydroxylation is 1. The van der Waals surface area contributed by atoms with Crippen molar-refractivity contribution < 1.29 is 4.79 Å². The number of amides is 2. The van der Waals surface area contributed by atoms with Crippen molar-refractivity contribution >= 4 is 17.7 Å². The average Bonchev–Trinajstić information content (AvgIpc) is 3.40. The minimum absolute atomic E-state index is 0.0648. The summed E-state index contributed by atoms with van der Waals surface area (Å²) >= 11 is 0. The van der Waals surface area contributed by atoms with E-state index in [9.17, 15) is 4.79 Å². The van der Waals surface area contributed by atoms with E-state index >= 15 is 0 Å². The largest absolute Gasteiger partial charge is 0.351 e. The van der Waals surface area contributed by atoms with Crippen molar-refractivity contribution in [1.29, 1.82) is 5.26 Å². The minimum Gasteiger partial charge on any atom is -0.351 e. The summed E-state index contributed by atoms with van der Waals surface area (Å²) in [5, 5.41) is 19.7. The zero-order valence-electron chi connectivity index (χ0n) is 21.3. The van der Waals surface area contributed by atoms with E-state index in [1.54, 1.807) is 4.68 Å². The van der Waals surface area contributed by atoms with Gasteiger partial charge in [0.1, 0.15) is 6.07 Å². The maximum Gasteiger partial charge on any atom is 0.322 e. The molecule has 0 saturated heterocycles. The Balaban J connectivity index is 1.29. The highest BCUT2D eigenvalue weighted by atomic mass is 16.2. The molecule has 9 heteroatoms. The molecule has 2 heterocycles. The number of nitrogens with zero attached hydrogens (tertiary/aromatic N) is 6. The van der Waals surface area contributed by atoms with Crippen LogP contribution >= 0.6 is 0 Å². The molecular formula is C29H30N8O. The van der Waals surface area contributed by atoms with E-state index in [0.29, 0.717) is 18.1 Å². The van der Waals surface area contributed by atoms with Crippen molar-refractivity contribution in [1.82, 2.24) is 25.1 Å². The predicted molar refractivity (Wildman–Crippen MR) is 146 cm³/mol. The Kier molecular flexibility index (Phi) is 7.59. The molecule has 2 amide bonds. The third-order valence-electron chi connectivity index (χ3n) is 6.87. The van der Waals surface area contributed by atoms with E-state index in [0.717, 1.165) is 48.1 Å². The van der Waals surface area contributed by atoms with Crippen LogP contribution in [0, 0.1) is 11.3 Å². The van der Waals surface area contributed by atoms with Crippen LogP contribution in [0.1, 0.15) is 36.8 Å². The molecule has 0 radical (unpaired) electrons. The molecule has 1 aliphatic rings. The number of hydrogen-bond donors (Lipinski definition) is 2. The lowest BCUT2D eigenvalue weighted by Crippen LogP contribution is -2.48. The first-order valence-corrected chi connectivity index (χ1v) is 12.8. The van der Waals surface area contributed by atoms with Gasteiger partial charge in [0.15, 0.2) is 0 Å². The zero-order valence-corrected chi connectivity index (χ0v) is 21.3. The van der Waals surface area contributed by atoms with Gasteiger partial charge in [-0.3, -0.25) is 9.58 Å². The van der Waals surface area contributed by atoms with Gasteiger partial charge in [-0.05, 0) is 48.9 Å². The summed E-state index contributed by atoms with van der Waals surface area (Å²) in [4.78, 5) is 23.9. The fourth-order valence-corrected chi connectivity index (χ4v) is 4.86. The number of anilines is 2. The van der Waals surface area contributed by atoms with Gasteiger partial charge in [-0.15, -0.1) is 0 Å². The Labute approximate surface area is 222 Å². The van der Waals surface area contributed by atoms with Gasteiger partial charge < -0.3 is 10.6 Å². The third kappa shape index (κ3) is 5.98. The Morgan fingerprint density at radius 3 is 2.34 bits per heavy atom. The van der Waals surface area contributed by atoms with Crippen LogP contribution in [-0.4, -0.2) is 37.9 Å². The smallest absolute Gasteiger partial charge is 0.322 e. The second kappa shape index (κ2) is 11.6. The average molecular weight is 507 g/mol. The number of carbonyl (C=O) groups excluding carboxylic acids is 1. The second-order valence-electron chi connectivity index (χ2n) is 9.52. The van der Waals surface area contributed by atoms with Gasteiger partial charge in [-0.1, -0.05) is 42.5 Å². The summed E-state index contributed by atoms with van der Waals surface area (Å²) < 4.78 is 1.78. The highest BCUT2D eigenvalue weighted by molar-refractivity contribution is 5.93. The SMILES string of the molecule is Cn1cc(-c2ccc(N(C(=O)NCc3ccccc3)[C@H]3CC[C@@H](Nc4ncc(C#N)cn4)CC3)cc2)cn1. The molecule has 192 valence electrons. The van der Waals surface area contributed by atoms with Crippen LogP contribution in [0.2, 0.25) is 0 Å². The van der Waals surface area contributed by atoms with Crippen LogP contribution in [-0.2, 0) is 13.6 Å². The standard InChI is InChI=1S/C29H30N8O/c1-36-20-24(19-34-36)23-7-11-26(12-8-23)37(29(38)33-16-21-5-3-2-4-6-21)27-13-9-25(10-14-27)35-28-31-17-22(15-30)18-32-28/h2-8,11-12,17-20,25,27H,9-10,13-14,16H2,1H3,(H,33,38)(H,31,32,35)/t25-,27+. The number of nitrogens with one attached hydrogen (secondary N) is 2. The molecule has 4 aromatic rings. The molecule has 0 spiro atoms. The number of carbonyl (C=O) groups is 1. The first kappa shape index (κ1) is 25.0. The van der Waals surface area contributed by atoms with Gasteiger partial charge in [0, 0.05) is 43.1 Å². The Hall–Kier alpha value is -4.71. The summed E-state index contributed by atoms with van der Waals surface area (Å²) in [5.41, 5.74) is 4.46. The molecule has 0 aliphatic heterocycles. The van der Waals surface area contributed by atoms with E-state index in [-0.39, 0.29) is 18.1 Å². The number of aromatic nitrogens is 4. The Morgan fingerprint density at radius 1 is 1.00 bits per heavy atom. The van der Waals surface area contributed by atoms with Gasteiger partial charge in [-0.25, -0.2) is 14.8 Å². The van der Waals surface area contributed by atoms with Crippen molar-refractivity contribution in [2.24, 2.45) is 7.05 Å². The van der Waals surface area contributed by atoms with Gasteiger partial charge >= 0.3 is 6.03 Å². The lowest BCUT2D eigenvalue weighted by Gasteiger charge is -2.37. The van der Waals surface area contributed by atoms with Gasteiger partial charge in [0.05, 0.1) is 24.2 Å². The van der Waals surface area contributed by atoms with E-state index in [2.05, 4.69) is 25.7 Å². The van der Waals surface area contributed by atoms with Gasteiger partial charge in [0.2, 0.25) is 5.95 Å². The second-order valence-corrected chi connectivity index (χ2v) is 9.52. The van der Waals surface area contributed by atoms with Crippen LogP contribution in [0.15, 0.2) is 79.4 Å². The highest BCUT2D eigenvalue weighted by Gasteiger charge is 2.30. The van der Waals surface area contributed by atoms with E-state index in [1.807, 2.05) is 85.0 Å². The first-order valence-electron chi connectivity index (χ1n) is 12.8. The summed E-state index contributed by atoms with van der Waals surface area (Å²) in [6.45, 7) is 0.469. The maximum absolute atomic E-state index is 13.5. The maximum atomic E-state index is 13.5. The molecule has 2 aromatic carbocycles. The summed E-state index contributed by atoms with van der Waals surface area (Å²) in [7, 11) is 1.90. The van der Waals surface area contributed by atoms with Crippen molar-refractivity contribution in [2.45, 2.75) is 44.3 Å². The topological polar surface area (TPSA) is 112 Å². The first-order chi connectivity index (χ1) is 18.6. The van der Waals surface area contributed by atoms with Crippen LogP contribution in [0.3, 0.4) is 0 Å². The van der Waals surface area contributed by atoms with Crippen LogP contribution < -0.4 is 15.5 Å². The number of rotatable bonds is 7. The summed E-state index contributed by atoms with van der Waals surface area (Å²) in [6.07, 6.45) is 10.3. The molecule has 2 N–H and O–H groups in total. The molecule has 1 aliphatic carbocycles. The Bertz CT molecular complexity index is 1390. The molecule has 0 unspecified atom stereocenters. The summed E-state index contributed by atoms with van der Waals surface area (Å²) in [6, 6.07) is 20.3. The van der Waals surface area contributed by atoms with Crippen molar-refractivity contribution in [3.8, 4) is 17.2 Å². The van der Waals surface area contributed by atoms with Crippen LogP contribution in [0.5, 0.6) is 0 Å². The lowest BCUT2D eigenvalue weighted by molar-refractivity contribution is 0.240. The predicted octanol–water partition coefficient (Wildman–Crippen LogP) is 4.89. The number of nitriles is 1. The monoisotopic (exact) mass is 506 g/mol. The van der Waals surface area contributed by atoms with E-state index in [4.69, 9.17) is 5.26 Å². The molecule has 0 atom stereocenters. The van der Waals surface area contributed by atoms with E-state index in [1.165, 1.54) is 12.4 Å². The normalized spacial score (nSPS) is 16.8. The Morgan fingerprint density at radius 2 is 1.71 bits per heavy atom. The molecule has 2 aromatic heterocycles. The zero-order chi connectivity index (χ0) is 26.3. The van der Waals surface area contributed by atoms with Crippen molar-refractivity contribution in [3.05, 3.63) is 90.5 Å².